The fraction of sp³-hybridized carbons (Fsp3) is 0.455. The molecule has 2 unspecified atom stereocenters. The van der Waals surface area contributed by atoms with Crippen molar-refractivity contribution in [2.24, 2.45) is 11.7 Å². The minimum absolute atomic E-state index is 0.0264. The molecule has 2 atom stereocenters. The molecule has 0 amide bonds. The first-order valence-corrected chi connectivity index (χ1v) is 5.59. The van der Waals surface area contributed by atoms with Crippen LogP contribution in [0.3, 0.4) is 0 Å². The van der Waals surface area contributed by atoms with E-state index < -0.39 is 0 Å². The minimum atomic E-state index is -0.0264. The number of aromatic hydroxyl groups is 1. The molecule has 0 radical (unpaired) electrons. The van der Waals surface area contributed by atoms with Gasteiger partial charge in [-0.3, -0.25) is 0 Å². The second-order valence-corrected chi connectivity index (χ2v) is 4.47. The highest BCUT2D eigenvalue weighted by Gasteiger charge is 2.16. The van der Waals surface area contributed by atoms with Crippen LogP contribution in [-0.4, -0.2) is 5.11 Å². The minimum Gasteiger partial charge on any atom is -0.508 e. The Kier molecular flexibility index (Phi) is 3.96. The third kappa shape index (κ3) is 2.49. The van der Waals surface area contributed by atoms with E-state index in [1.807, 2.05) is 6.07 Å². The smallest absolute Gasteiger partial charge is 0.115 e. The van der Waals surface area contributed by atoms with Crippen molar-refractivity contribution in [2.45, 2.75) is 26.3 Å². The van der Waals surface area contributed by atoms with E-state index in [1.54, 1.807) is 12.1 Å². The summed E-state index contributed by atoms with van der Waals surface area (Å²) >= 11 is 3.44. The van der Waals surface area contributed by atoms with Gasteiger partial charge in [0.15, 0.2) is 0 Å². The van der Waals surface area contributed by atoms with Crippen LogP contribution in [0.4, 0.5) is 0 Å². The predicted molar refractivity (Wildman–Crippen MR) is 62.2 cm³/mol. The van der Waals surface area contributed by atoms with Crippen LogP contribution < -0.4 is 5.73 Å². The van der Waals surface area contributed by atoms with Crippen LogP contribution in [0, 0.1) is 5.92 Å². The molecule has 0 saturated heterocycles. The van der Waals surface area contributed by atoms with Crippen molar-refractivity contribution >= 4 is 15.9 Å². The Bertz CT molecular complexity index is 314. The summed E-state index contributed by atoms with van der Waals surface area (Å²) in [7, 11) is 0. The van der Waals surface area contributed by atoms with Gasteiger partial charge in [-0.25, -0.2) is 0 Å². The molecule has 3 heteroatoms. The van der Waals surface area contributed by atoms with E-state index in [0.29, 0.717) is 5.92 Å². The summed E-state index contributed by atoms with van der Waals surface area (Å²) in [5.41, 5.74) is 7.05. The molecule has 0 aliphatic rings. The Morgan fingerprint density at radius 3 is 2.71 bits per heavy atom. The normalized spacial score (nSPS) is 15.1. The largest absolute Gasteiger partial charge is 0.508 e. The van der Waals surface area contributed by atoms with Gasteiger partial charge in [-0.15, -0.1) is 0 Å². The third-order valence-electron chi connectivity index (χ3n) is 2.60. The molecule has 0 spiro atoms. The van der Waals surface area contributed by atoms with Crippen molar-refractivity contribution in [2.75, 3.05) is 0 Å². The maximum Gasteiger partial charge on any atom is 0.115 e. The first kappa shape index (κ1) is 11.5. The lowest BCUT2D eigenvalue weighted by Gasteiger charge is -2.20. The Hall–Kier alpha value is -0.540. The van der Waals surface area contributed by atoms with Crippen molar-refractivity contribution in [3.05, 3.63) is 28.2 Å². The lowest BCUT2D eigenvalue weighted by molar-refractivity contribution is 0.446. The zero-order valence-electron chi connectivity index (χ0n) is 8.50. The summed E-state index contributed by atoms with van der Waals surface area (Å²) in [6.45, 7) is 4.22. The quantitative estimate of drug-likeness (QED) is 0.874. The number of hydrogen-bond donors (Lipinski definition) is 2. The molecule has 0 bridgehead atoms. The molecule has 0 aliphatic heterocycles. The highest BCUT2D eigenvalue weighted by atomic mass is 79.9. The molecule has 0 aromatic heterocycles. The van der Waals surface area contributed by atoms with Crippen LogP contribution in [0.5, 0.6) is 5.75 Å². The highest BCUT2D eigenvalue weighted by Crippen LogP contribution is 2.30. The summed E-state index contributed by atoms with van der Waals surface area (Å²) < 4.78 is 0.961. The van der Waals surface area contributed by atoms with E-state index in [-0.39, 0.29) is 11.8 Å². The summed E-state index contributed by atoms with van der Waals surface area (Å²) in [6, 6.07) is 5.17. The summed E-state index contributed by atoms with van der Waals surface area (Å²) in [5, 5.41) is 9.36. The van der Waals surface area contributed by atoms with Gasteiger partial charge < -0.3 is 10.8 Å². The number of phenolic OH excluding ortho intramolecular Hbond substituents is 1. The molecule has 1 aromatic rings. The second-order valence-electron chi connectivity index (χ2n) is 3.62. The number of benzene rings is 1. The maximum atomic E-state index is 9.36. The van der Waals surface area contributed by atoms with Gasteiger partial charge in [-0.1, -0.05) is 36.2 Å². The van der Waals surface area contributed by atoms with Crippen LogP contribution in [0.15, 0.2) is 22.7 Å². The Morgan fingerprint density at radius 2 is 2.14 bits per heavy atom. The molecule has 3 N–H and O–H groups in total. The monoisotopic (exact) mass is 257 g/mol. The van der Waals surface area contributed by atoms with Crippen molar-refractivity contribution in [3.8, 4) is 5.75 Å². The van der Waals surface area contributed by atoms with Crippen LogP contribution in [-0.2, 0) is 0 Å². The molecule has 0 saturated carbocycles. The lowest BCUT2D eigenvalue weighted by Crippen LogP contribution is -2.18. The van der Waals surface area contributed by atoms with Gasteiger partial charge in [0.25, 0.3) is 0 Å². The zero-order valence-corrected chi connectivity index (χ0v) is 10.1. The predicted octanol–water partition coefficient (Wildman–Crippen LogP) is 3.20. The van der Waals surface area contributed by atoms with E-state index in [4.69, 9.17) is 5.73 Å². The first-order chi connectivity index (χ1) is 6.56. The van der Waals surface area contributed by atoms with E-state index in [9.17, 15) is 5.11 Å². The molecular formula is C11H16BrNO. The average molecular weight is 258 g/mol. The van der Waals surface area contributed by atoms with Crippen LogP contribution >= 0.6 is 15.9 Å². The fourth-order valence-electron chi connectivity index (χ4n) is 1.35. The molecule has 2 nitrogen and oxygen atoms in total. The number of halogens is 1. The van der Waals surface area contributed by atoms with E-state index in [1.165, 1.54) is 0 Å². The average Bonchev–Trinajstić information content (AvgIpc) is 2.19. The number of nitrogens with two attached hydrogens (primary N) is 1. The van der Waals surface area contributed by atoms with Crippen LogP contribution in [0.1, 0.15) is 31.9 Å². The summed E-state index contributed by atoms with van der Waals surface area (Å²) in [4.78, 5) is 0. The van der Waals surface area contributed by atoms with Crippen LogP contribution in [0.25, 0.3) is 0 Å². The van der Waals surface area contributed by atoms with E-state index in [0.717, 1.165) is 16.5 Å². The molecule has 14 heavy (non-hydrogen) atoms. The van der Waals surface area contributed by atoms with Gasteiger partial charge >= 0.3 is 0 Å². The zero-order chi connectivity index (χ0) is 10.7. The van der Waals surface area contributed by atoms with Crippen LogP contribution in [0.2, 0.25) is 0 Å². The summed E-state index contributed by atoms with van der Waals surface area (Å²) in [5.74, 6) is 0.676. The van der Waals surface area contributed by atoms with Gasteiger partial charge in [0.1, 0.15) is 5.75 Å². The molecular weight excluding hydrogens is 242 g/mol. The van der Waals surface area contributed by atoms with Crippen molar-refractivity contribution in [1.29, 1.82) is 0 Å². The number of hydrogen-bond acceptors (Lipinski definition) is 2. The topological polar surface area (TPSA) is 46.2 Å². The van der Waals surface area contributed by atoms with Gasteiger partial charge in [0.2, 0.25) is 0 Å². The van der Waals surface area contributed by atoms with E-state index in [2.05, 4.69) is 29.8 Å². The van der Waals surface area contributed by atoms with Gasteiger partial charge in [0, 0.05) is 10.5 Å². The maximum absolute atomic E-state index is 9.36. The van der Waals surface area contributed by atoms with Crippen molar-refractivity contribution in [1.82, 2.24) is 0 Å². The van der Waals surface area contributed by atoms with Crippen molar-refractivity contribution in [3.63, 3.8) is 0 Å². The third-order valence-corrected chi connectivity index (χ3v) is 3.32. The molecule has 0 fully saturated rings. The Labute approximate surface area is 93.3 Å². The highest BCUT2D eigenvalue weighted by molar-refractivity contribution is 9.10. The van der Waals surface area contributed by atoms with Gasteiger partial charge in [0.05, 0.1) is 0 Å². The Balaban J connectivity index is 2.99. The number of rotatable bonds is 3. The molecule has 0 aliphatic carbocycles. The SMILES string of the molecule is CCC(C)C(N)c1cc(O)ccc1Br. The molecule has 1 rings (SSSR count). The van der Waals surface area contributed by atoms with E-state index >= 15 is 0 Å². The molecule has 0 heterocycles. The molecule has 1 aromatic carbocycles. The lowest BCUT2D eigenvalue weighted by atomic mass is 9.93. The van der Waals surface area contributed by atoms with Gasteiger partial charge in [-0.2, -0.15) is 0 Å². The summed E-state index contributed by atoms with van der Waals surface area (Å²) in [6.07, 6.45) is 1.03. The second kappa shape index (κ2) is 4.80. The fourth-order valence-corrected chi connectivity index (χ4v) is 1.86. The number of phenols is 1. The Morgan fingerprint density at radius 1 is 1.50 bits per heavy atom. The first-order valence-electron chi connectivity index (χ1n) is 4.80. The standard InChI is InChI=1S/C11H16BrNO/c1-3-7(2)11(13)9-6-8(14)4-5-10(9)12/h4-7,11,14H,3,13H2,1-2H3. The van der Waals surface area contributed by atoms with Gasteiger partial charge in [-0.05, 0) is 29.7 Å². The molecule has 78 valence electrons. The van der Waals surface area contributed by atoms with Crippen molar-refractivity contribution < 1.29 is 5.11 Å².